The van der Waals surface area contributed by atoms with Crippen LogP contribution < -0.4 is 0 Å². The highest BCUT2D eigenvalue weighted by molar-refractivity contribution is 6.31. The molecule has 0 N–H and O–H groups in total. The van der Waals surface area contributed by atoms with Crippen molar-refractivity contribution >= 4 is 33.5 Å². The molecule has 2 aliphatic rings. The van der Waals surface area contributed by atoms with Gasteiger partial charge in [-0.15, -0.1) is 0 Å². The summed E-state index contributed by atoms with van der Waals surface area (Å²) in [6, 6.07) is 6.26. The van der Waals surface area contributed by atoms with E-state index in [0.717, 1.165) is 65.4 Å². The minimum absolute atomic E-state index is 0.262. The first-order valence-corrected chi connectivity index (χ1v) is 9.24. The second kappa shape index (κ2) is 5.94. The zero-order valence-electron chi connectivity index (χ0n) is 14.1. The molecular weight excluding hydrogens is 338 g/mol. The Bertz CT molecular complexity index is 951. The van der Waals surface area contributed by atoms with Gasteiger partial charge in [-0.05, 0) is 38.0 Å². The maximum Gasteiger partial charge on any atom is 0.118 e. The summed E-state index contributed by atoms with van der Waals surface area (Å²) in [5.74, 6) is 1.48. The molecule has 2 atom stereocenters. The van der Waals surface area contributed by atoms with Crippen molar-refractivity contribution in [3.05, 3.63) is 35.2 Å². The molecule has 3 aromatic rings. The van der Waals surface area contributed by atoms with Crippen molar-refractivity contribution in [3.8, 4) is 0 Å². The lowest BCUT2D eigenvalue weighted by molar-refractivity contribution is -0.00675. The molecule has 0 radical (unpaired) electrons. The number of nitrogens with zero attached hydrogens (tertiary/aromatic N) is 3. The molecule has 2 saturated heterocycles. The van der Waals surface area contributed by atoms with Crippen LogP contribution in [0.5, 0.6) is 0 Å². The number of imidazole rings is 1. The van der Waals surface area contributed by atoms with Crippen molar-refractivity contribution in [2.45, 2.75) is 37.8 Å². The zero-order chi connectivity index (χ0) is 17.0. The van der Waals surface area contributed by atoms with Crippen LogP contribution in [-0.2, 0) is 9.47 Å². The van der Waals surface area contributed by atoms with Crippen molar-refractivity contribution in [2.75, 3.05) is 19.8 Å². The smallest absolute Gasteiger partial charge is 0.118 e. The second-order valence-electron chi connectivity index (χ2n) is 7.09. The lowest BCUT2D eigenvalue weighted by Gasteiger charge is -2.33. The van der Waals surface area contributed by atoms with E-state index in [9.17, 15) is 0 Å². The topological polar surface area (TPSA) is 49.2 Å². The molecule has 5 rings (SSSR count). The summed E-state index contributed by atoms with van der Waals surface area (Å²) in [5.41, 5.74) is 3.04. The van der Waals surface area contributed by atoms with Crippen LogP contribution in [0.25, 0.3) is 21.9 Å². The average Bonchev–Trinajstić information content (AvgIpc) is 2.92. The van der Waals surface area contributed by atoms with E-state index in [2.05, 4.69) is 16.5 Å². The fourth-order valence-electron chi connectivity index (χ4n) is 4.02. The number of pyridine rings is 1. The van der Waals surface area contributed by atoms with E-state index in [4.69, 9.17) is 26.1 Å². The number of fused-ring (bicyclic) bond motifs is 3. The lowest BCUT2D eigenvalue weighted by atomic mass is 10.0. The fourth-order valence-corrected chi connectivity index (χ4v) is 4.19. The molecular formula is C19H20ClN3O2. The highest BCUT2D eigenvalue weighted by Crippen LogP contribution is 2.37. The molecule has 0 amide bonds. The number of benzene rings is 1. The summed E-state index contributed by atoms with van der Waals surface area (Å²) in [4.78, 5) is 9.53. The summed E-state index contributed by atoms with van der Waals surface area (Å²) in [7, 11) is 0. The molecule has 0 aliphatic carbocycles. The lowest BCUT2D eigenvalue weighted by Crippen LogP contribution is -2.32. The average molecular weight is 358 g/mol. The first kappa shape index (κ1) is 15.6. The maximum atomic E-state index is 6.29. The molecule has 2 aliphatic heterocycles. The van der Waals surface area contributed by atoms with Crippen LogP contribution in [0.4, 0.5) is 0 Å². The van der Waals surface area contributed by atoms with Crippen molar-refractivity contribution in [1.29, 1.82) is 0 Å². The van der Waals surface area contributed by atoms with Gasteiger partial charge in [0, 0.05) is 23.1 Å². The van der Waals surface area contributed by atoms with Crippen LogP contribution in [0.3, 0.4) is 0 Å². The predicted molar refractivity (Wildman–Crippen MR) is 97.3 cm³/mol. The molecule has 0 saturated carbocycles. The van der Waals surface area contributed by atoms with Crippen molar-refractivity contribution in [3.63, 3.8) is 0 Å². The van der Waals surface area contributed by atoms with Crippen molar-refractivity contribution in [1.82, 2.24) is 14.5 Å². The molecule has 4 heterocycles. The fraction of sp³-hybridized carbons (Fsp3) is 0.474. The van der Waals surface area contributed by atoms with E-state index in [1.165, 1.54) is 0 Å². The Morgan fingerprint density at radius 3 is 2.88 bits per heavy atom. The number of rotatable bonds is 2. The summed E-state index contributed by atoms with van der Waals surface area (Å²) in [6.45, 7) is 4.42. The van der Waals surface area contributed by atoms with Gasteiger partial charge in [0.05, 0.1) is 42.5 Å². The molecule has 0 bridgehead atoms. The third-order valence-electron chi connectivity index (χ3n) is 5.33. The Morgan fingerprint density at radius 2 is 2.12 bits per heavy atom. The van der Waals surface area contributed by atoms with Gasteiger partial charge in [-0.25, -0.2) is 4.98 Å². The van der Waals surface area contributed by atoms with Gasteiger partial charge in [0.15, 0.2) is 0 Å². The van der Waals surface area contributed by atoms with Gasteiger partial charge in [-0.2, -0.15) is 0 Å². The van der Waals surface area contributed by atoms with E-state index < -0.39 is 0 Å². The van der Waals surface area contributed by atoms with Gasteiger partial charge in [-0.3, -0.25) is 4.98 Å². The monoisotopic (exact) mass is 357 g/mol. The first-order chi connectivity index (χ1) is 12.2. The summed E-state index contributed by atoms with van der Waals surface area (Å²) in [5, 5.41) is 1.80. The molecule has 6 heteroatoms. The van der Waals surface area contributed by atoms with E-state index in [-0.39, 0.29) is 6.10 Å². The molecule has 2 fully saturated rings. The molecule has 25 heavy (non-hydrogen) atoms. The maximum absolute atomic E-state index is 6.29. The summed E-state index contributed by atoms with van der Waals surface area (Å²) < 4.78 is 13.6. The van der Waals surface area contributed by atoms with E-state index in [1.807, 2.05) is 24.4 Å². The number of halogens is 1. The van der Waals surface area contributed by atoms with Crippen LogP contribution in [0.2, 0.25) is 5.02 Å². The Hall–Kier alpha value is -1.69. The molecule has 1 unspecified atom stereocenters. The Kier molecular flexibility index (Phi) is 3.69. The SMILES string of the molecule is C[C@@H]1CC(n2c(C3COC3)nc3cnc4ccc(Cl)cc4c32)CCO1. The highest BCUT2D eigenvalue weighted by atomic mass is 35.5. The Morgan fingerprint density at radius 1 is 1.24 bits per heavy atom. The quantitative estimate of drug-likeness (QED) is 0.693. The summed E-state index contributed by atoms with van der Waals surface area (Å²) >= 11 is 6.29. The van der Waals surface area contributed by atoms with Gasteiger partial charge in [-0.1, -0.05) is 11.6 Å². The highest BCUT2D eigenvalue weighted by Gasteiger charge is 2.32. The first-order valence-electron chi connectivity index (χ1n) is 8.86. The minimum Gasteiger partial charge on any atom is -0.380 e. The standard InChI is InChI=1S/C19H20ClN3O2/c1-11-6-14(4-5-25-11)23-18-15-7-13(20)2-3-16(15)21-8-17(18)22-19(23)12-9-24-10-12/h2-3,7-8,11-12,14H,4-6,9-10H2,1H3/t11-,14?/m1/s1. The van der Waals surface area contributed by atoms with Crippen LogP contribution in [0, 0.1) is 0 Å². The van der Waals surface area contributed by atoms with Crippen LogP contribution in [-0.4, -0.2) is 40.5 Å². The second-order valence-corrected chi connectivity index (χ2v) is 7.52. The zero-order valence-corrected chi connectivity index (χ0v) is 14.9. The third-order valence-corrected chi connectivity index (χ3v) is 5.57. The van der Waals surface area contributed by atoms with Crippen LogP contribution in [0.1, 0.15) is 37.5 Å². The van der Waals surface area contributed by atoms with E-state index in [1.54, 1.807) is 0 Å². The molecule has 2 aromatic heterocycles. The van der Waals surface area contributed by atoms with E-state index >= 15 is 0 Å². The van der Waals surface area contributed by atoms with Gasteiger partial charge < -0.3 is 14.0 Å². The van der Waals surface area contributed by atoms with Crippen LogP contribution in [0.15, 0.2) is 24.4 Å². The van der Waals surface area contributed by atoms with E-state index in [0.29, 0.717) is 12.0 Å². The number of hydrogen-bond acceptors (Lipinski definition) is 4. The Balaban J connectivity index is 1.79. The number of aromatic nitrogens is 3. The van der Waals surface area contributed by atoms with Crippen molar-refractivity contribution in [2.24, 2.45) is 0 Å². The number of hydrogen-bond donors (Lipinski definition) is 0. The minimum atomic E-state index is 0.262. The van der Waals surface area contributed by atoms with Crippen LogP contribution >= 0.6 is 11.6 Å². The van der Waals surface area contributed by atoms with Gasteiger partial charge >= 0.3 is 0 Å². The molecule has 5 nitrogen and oxygen atoms in total. The molecule has 0 spiro atoms. The largest absolute Gasteiger partial charge is 0.380 e. The Labute approximate surface area is 150 Å². The van der Waals surface area contributed by atoms with Crippen molar-refractivity contribution < 1.29 is 9.47 Å². The third kappa shape index (κ3) is 2.53. The summed E-state index contributed by atoms with van der Waals surface area (Å²) in [6.07, 6.45) is 4.14. The molecule has 130 valence electrons. The molecule has 1 aromatic carbocycles. The van der Waals surface area contributed by atoms with Gasteiger partial charge in [0.1, 0.15) is 11.3 Å². The number of ether oxygens (including phenoxy) is 2. The normalized spacial score (nSPS) is 24.7. The van der Waals surface area contributed by atoms with Gasteiger partial charge in [0.2, 0.25) is 0 Å². The predicted octanol–water partition coefficient (Wildman–Crippen LogP) is 4.09. The van der Waals surface area contributed by atoms with Gasteiger partial charge in [0.25, 0.3) is 0 Å².